The fraction of sp³-hybridized carbons (Fsp3) is 0.417. The lowest BCUT2D eigenvalue weighted by atomic mass is 10.2. The Bertz CT molecular complexity index is 369. The number of aldehydes is 1. The largest absolute Gasteiger partial charge is 0.507 e. The Morgan fingerprint density at radius 2 is 2.31 bits per heavy atom. The van der Waals surface area contributed by atoms with E-state index in [-0.39, 0.29) is 17.6 Å². The first kappa shape index (κ1) is 11.0. The van der Waals surface area contributed by atoms with Crippen LogP contribution in [0.25, 0.3) is 0 Å². The van der Waals surface area contributed by atoms with Gasteiger partial charge in [-0.05, 0) is 25.0 Å². The molecule has 0 bridgehead atoms. The Balaban J connectivity index is 2.03. The Labute approximate surface area is 93.8 Å². The van der Waals surface area contributed by atoms with Crippen LogP contribution in [0.4, 0.5) is 0 Å². The molecule has 4 heteroatoms. The highest BCUT2D eigenvalue weighted by Gasteiger charge is 2.15. The zero-order chi connectivity index (χ0) is 11.4. The normalized spacial score (nSPS) is 20.4. The van der Waals surface area contributed by atoms with E-state index in [0.717, 1.165) is 19.3 Å². The molecule has 0 aliphatic carbocycles. The third-order valence-electron chi connectivity index (χ3n) is 2.53. The van der Waals surface area contributed by atoms with Crippen molar-refractivity contribution in [3.63, 3.8) is 0 Å². The molecule has 1 fully saturated rings. The van der Waals surface area contributed by atoms with Gasteiger partial charge in [-0.3, -0.25) is 4.79 Å². The predicted molar refractivity (Wildman–Crippen MR) is 57.7 cm³/mol. The lowest BCUT2D eigenvalue weighted by Gasteiger charge is -2.23. The van der Waals surface area contributed by atoms with Crippen molar-refractivity contribution in [3.8, 4) is 11.5 Å². The summed E-state index contributed by atoms with van der Waals surface area (Å²) in [5, 5.41) is 9.47. The van der Waals surface area contributed by atoms with Crippen molar-refractivity contribution in [3.05, 3.63) is 23.8 Å². The van der Waals surface area contributed by atoms with Crippen LogP contribution in [-0.2, 0) is 4.74 Å². The van der Waals surface area contributed by atoms with Gasteiger partial charge in [0.1, 0.15) is 11.5 Å². The highest BCUT2D eigenvalue weighted by atomic mass is 16.7. The number of rotatable bonds is 3. The molecule has 0 aromatic heterocycles. The fourth-order valence-corrected chi connectivity index (χ4v) is 1.65. The van der Waals surface area contributed by atoms with Gasteiger partial charge in [-0.25, -0.2) is 0 Å². The van der Waals surface area contributed by atoms with Crippen LogP contribution in [0.5, 0.6) is 11.5 Å². The van der Waals surface area contributed by atoms with Crippen LogP contribution in [0, 0.1) is 0 Å². The van der Waals surface area contributed by atoms with Gasteiger partial charge in [-0.2, -0.15) is 0 Å². The fourth-order valence-electron chi connectivity index (χ4n) is 1.65. The Morgan fingerprint density at radius 1 is 1.44 bits per heavy atom. The monoisotopic (exact) mass is 222 g/mol. The summed E-state index contributed by atoms with van der Waals surface area (Å²) in [6.45, 7) is 0.711. The molecule has 1 atom stereocenters. The van der Waals surface area contributed by atoms with Crippen LogP contribution in [-0.4, -0.2) is 24.3 Å². The molecule has 2 rings (SSSR count). The lowest BCUT2D eigenvalue weighted by molar-refractivity contribution is -0.105. The van der Waals surface area contributed by atoms with Gasteiger partial charge in [-0.15, -0.1) is 0 Å². The van der Waals surface area contributed by atoms with E-state index in [4.69, 9.17) is 9.47 Å². The van der Waals surface area contributed by atoms with E-state index in [1.54, 1.807) is 6.07 Å². The Morgan fingerprint density at radius 3 is 2.94 bits per heavy atom. The maximum absolute atomic E-state index is 10.5. The maximum Gasteiger partial charge on any atom is 0.199 e. The molecule has 0 spiro atoms. The van der Waals surface area contributed by atoms with E-state index in [2.05, 4.69) is 0 Å². The number of aromatic hydroxyl groups is 1. The quantitative estimate of drug-likeness (QED) is 0.796. The number of benzene rings is 1. The Hall–Kier alpha value is -1.55. The van der Waals surface area contributed by atoms with E-state index >= 15 is 0 Å². The number of carbonyl (C=O) groups is 1. The molecule has 16 heavy (non-hydrogen) atoms. The first-order chi connectivity index (χ1) is 7.79. The molecule has 1 saturated heterocycles. The first-order valence-electron chi connectivity index (χ1n) is 5.36. The van der Waals surface area contributed by atoms with Gasteiger partial charge in [0.05, 0.1) is 12.2 Å². The molecule has 1 aliphatic rings. The minimum absolute atomic E-state index is 0.0664. The van der Waals surface area contributed by atoms with E-state index in [1.165, 1.54) is 12.1 Å². The first-order valence-corrected chi connectivity index (χ1v) is 5.36. The van der Waals surface area contributed by atoms with Crippen LogP contribution >= 0.6 is 0 Å². The summed E-state index contributed by atoms with van der Waals surface area (Å²) in [6.07, 6.45) is 3.38. The van der Waals surface area contributed by atoms with Crippen molar-refractivity contribution in [2.45, 2.75) is 25.6 Å². The van der Waals surface area contributed by atoms with Crippen LogP contribution < -0.4 is 4.74 Å². The smallest absolute Gasteiger partial charge is 0.199 e. The summed E-state index contributed by atoms with van der Waals surface area (Å²) in [5.41, 5.74) is 0.261. The summed E-state index contributed by atoms with van der Waals surface area (Å²) in [5.74, 6) is 0.457. The average Bonchev–Trinajstić information content (AvgIpc) is 2.31. The maximum atomic E-state index is 10.5. The molecule has 1 unspecified atom stereocenters. The van der Waals surface area contributed by atoms with Gasteiger partial charge < -0.3 is 14.6 Å². The predicted octanol–water partition coefficient (Wildman–Crippen LogP) is 2.11. The molecular formula is C12H14O4. The molecule has 4 nitrogen and oxygen atoms in total. The van der Waals surface area contributed by atoms with E-state index < -0.39 is 0 Å². The average molecular weight is 222 g/mol. The number of carbonyl (C=O) groups excluding carboxylic acids is 1. The zero-order valence-corrected chi connectivity index (χ0v) is 8.89. The second-order valence-corrected chi connectivity index (χ2v) is 3.75. The van der Waals surface area contributed by atoms with Crippen molar-refractivity contribution in [2.75, 3.05) is 6.61 Å². The second-order valence-electron chi connectivity index (χ2n) is 3.75. The van der Waals surface area contributed by atoms with Crippen molar-refractivity contribution in [1.29, 1.82) is 0 Å². The van der Waals surface area contributed by atoms with Crippen molar-refractivity contribution < 1.29 is 19.4 Å². The van der Waals surface area contributed by atoms with Crippen molar-refractivity contribution in [1.82, 2.24) is 0 Å². The number of phenolic OH excluding ortho intramolecular Hbond substituents is 1. The van der Waals surface area contributed by atoms with Gasteiger partial charge in [0, 0.05) is 12.5 Å². The zero-order valence-electron chi connectivity index (χ0n) is 8.89. The molecular weight excluding hydrogens is 208 g/mol. The van der Waals surface area contributed by atoms with Gasteiger partial charge in [-0.1, -0.05) is 0 Å². The number of hydrogen-bond acceptors (Lipinski definition) is 4. The van der Waals surface area contributed by atoms with E-state index in [9.17, 15) is 9.90 Å². The third kappa shape index (κ3) is 2.52. The third-order valence-corrected chi connectivity index (χ3v) is 2.53. The van der Waals surface area contributed by atoms with Gasteiger partial charge >= 0.3 is 0 Å². The SMILES string of the molecule is O=Cc1ccc(OC2CCCCO2)cc1O. The molecule has 0 radical (unpaired) electrons. The van der Waals surface area contributed by atoms with Crippen molar-refractivity contribution >= 4 is 6.29 Å². The number of phenols is 1. The molecule has 1 aromatic carbocycles. The highest BCUT2D eigenvalue weighted by molar-refractivity contribution is 5.79. The summed E-state index contributed by atoms with van der Waals surface area (Å²) in [6, 6.07) is 4.61. The highest BCUT2D eigenvalue weighted by Crippen LogP contribution is 2.25. The minimum atomic E-state index is -0.241. The summed E-state index contributed by atoms with van der Waals surface area (Å²) in [7, 11) is 0. The summed E-state index contributed by atoms with van der Waals surface area (Å²) < 4.78 is 10.9. The minimum Gasteiger partial charge on any atom is -0.507 e. The summed E-state index contributed by atoms with van der Waals surface area (Å²) >= 11 is 0. The van der Waals surface area contributed by atoms with Gasteiger partial charge in [0.2, 0.25) is 0 Å². The number of ether oxygens (including phenoxy) is 2. The standard InChI is InChI=1S/C12H14O4/c13-8-9-4-5-10(7-11(9)14)16-12-3-1-2-6-15-12/h4-5,7-8,12,14H,1-3,6H2. The lowest BCUT2D eigenvalue weighted by Crippen LogP contribution is -2.24. The number of hydrogen-bond donors (Lipinski definition) is 1. The topological polar surface area (TPSA) is 55.8 Å². The van der Waals surface area contributed by atoms with Crippen LogP contribution in [0.3, 0.4) is 0 Å². The van der Waals surface area contributed by atoms with Gasteiger partial charge in [0.15, 0.2) is 12.6 Å². The molecule has 0 amide bonds. The Kier molecular flexibility index (Phi) is 3.41. The molecule has 1 aromatic rings. The molecule has 1 aliphatic heterocycles. The van der Waals surface area contributed by atoms with E-state index in [1.807, 2.05) is 0 Å². The molecule has 1 heterocycles. The molecule has 86 valence electrons. The molecule has 1 N–H and O–H groups in total. The van der Waals surface area contributed by atoms with Crippen molar-refractivity contribution in [2.24, 2.45) is 0 Å². The second kappa shape index (κ2) is 4.99. The van der Waals surface area contributed by atoms with Gasteiger partial charge in [0.25, 0.3) is 0 Å². The van der Waals surface area contributed by atoms with Crippen LogP contribution in [0.1, 0.15) is 29.6 Å². The van der Waals surface area contributed by atoms with E-state index in [0.29, 0.717) is 18.6 Å². The van der Waals surface area contributed by atoms with Crippen LogP contribution in [0.2, 0.25) is 0 Å². The molecule has 0 saturated carbocycles. The van der Waals surface area contributed by atoms with Crippen LogP contribution in [0.15, 0.2) is 18.2 Å². The summed E-state index contributed by atoms with van der Waals surface area (Å²) in [4.78, 5) is 10.5.